The first-order chi connectivity index (χ1) is 13.5. The Morgan fingerprint density at radius 1 is 1.21 bits per heavy atom. The first kappa shape index (κ1) is 18.4. The summed E-state index contributed by atoms with van der Waals surface area (Å²) in [5.74, 6) is 1.49. The summed E-state index contributed by atoms with van der Waals surface area (Å²) in [5.41, 5.74) is 8.70. The third kappa shape index (κ3) is 3.56. The first-order valence-corrected chi connectivity index (χ1v) is 9.32. The van der Waals surface area contributed by atoms with Gasteiger partial charge < -0.3 is 15.4 Å². The molecule has 0 atom stereocenters. The van der Waals surface area contributed by atoms with E-state index in [4.69, 9.17) is 15.1 Å². The van der Waals surface area contributed by atoms with Crippen LogP contribution in [0.2, 0.25) is 0 Å². The van der Waals surface area contributed by atoms with Gasteiger partial charge >= 0.3 is 0 Å². The van der Waals surface area contributed by atoms with Crippen LogP contribution in [-0.4, -0.2) is 57.0 Å². The van der Waals surface area contributed by atoms with Crippen molar-refractivity contribution in [3.8, 4) is 23.0 Å². The number of hydrogen-bond donors (Lipinski definition) is 1. The molecule has 0 amide bonds. The van der Waals surface area contributed by atoms with Gasteiger partial charge in [0.1, 0.15) is 22.5 Å². The SMILES string of the molecule is CN(C)CCOc1ccc(-n2c(-c3nonc3N)nc3cnc(Br)cc32)cc1. The number of halogens is 1. The summed E-state index contributed by atoms with van der Waals surface area (Å²) in [4.78, 5) is 10.9. The monoisotopic (exact) mass is 443 g/mol. The van der Waals surface area contributed by atoms with Crippen molar-refractivity contribution < 1.29 is 9.37 Å². The number of likely N-dealkylation sites (N-methyl/N-ethyl adjacent to an activating group) is 1. The second-order valence-electron chi connectivity index (χ2n) is 6.41. The summed E-state index contributed by atoms with van der Waals surface area (Å²) in [6, 6.07) is 9.63. The van der Waals surface area contributed by atoms with Crippen LogP contribution >= 0.6 is 15.9 Å². The quantitative estimate of drug-likeness (QED) is 0.453. The Morgan fingerprint density at radius 3 is 2.68 bits per heavy atom. The molecule has 0 spiro atoms. The molecule has 28 heavy (non-hydrogen) atoms. The molecule has 1 aromatic carbocycles. The Bertz CT molecular complexity index is 1110. The molecule has 0 unspecified atom stereocenters. The summed E-state index contributed by atoms with van der Waals surface area (Å²) >= 11 is 3.42. The molecule has 3 heterocycles. The lowest BCUT2D eigenvalue weighted by Gasteiger charge is -2.12. The highest BCUT2D eigenvalue weighted by Crippen LogP contribution is 2.31. The number of nitrogens with two attached hydrogens (primary N) is 1. The van der Waals surface area contributed by atoms with Crippen molar-refractivity contribution in [2.75, 3.05) is 33.0 Å². The number of ether oxygens (including phenoxy) is 1. The van der Waals surface area contributed by atoms with Crippen LogP contribution in [0.5, 0.6) is 5.75 Å². The maximum Gasteiger partial charge on any atom is 0.199 e. The van der Waals surface area contributed by atoms with Crippen molar-refractivity contribution in [3.05, 3.63) is 41.1 Å². The third-order valence-electron chi connectivity index (χ3n) is 4.14. The van der Waals surface area contributed by atoms with Gasteiger partial charge in [-0.1, -0.05) is 0 Å². The second-order valence-corrected chi connectivity index (χ2v) is 7.22. The molecule has 0 bridgehead atoms. The Hall–Kier alpha value is -2.98. The fourth-order valence-electron chi connectivity index (χ4n) is 2.76. The third-order valence-corrected chi connectivity index (χ3v) is 4.57. The van der Waals surface area contributed by atoms with E-state index in [9.17, 15) is 0 Å². The Labute approximate surface area is 169 Å². The van der Waals surface area contributed by atoms with Crippen LogP contribution in [0.1, 0.15) is 0 Å². The molecular formula is C18H18BrN7O2. The standard InChI is InChI=1S/C18H18BrN7O2/c1-25(2)7-8-27-12-5-3-11(4-6-12)26-14-9-15(19)21-10-13(14)22-18(26)16-17(20)24-28-23-16/h3-6,9-10H,7-8H2,1-2H3,(H2,20,24). The Kier molecular flexibility index (Phi) is 4.97. The molecule has 0 fully saturated rings. The highest BCUT2D eigenvalue weighted by Gasteiger charge is 2.20. The van der Waals surface area contributed by atoms with Crippen LogP contribution in [0.4, 0.5) is 5.82 Å². The van der Waals surface area contributed by atoms with E-state index in [0.29, 0.717) is 28.2 Å². The summed E-state index contributed by atoms with van der Waals surface area (Å²) < 4.78 is 13.2. The topological polar surface area (TPSA) is 108 Å². The van der Waals surface area contributed by atoms with E-state index in [-0.39, 0.29) is 5.82 Å². The minimum atomic E-state index is 0.173. The second kappa shape index (κ2) is 7.56. The largest absolute Gasteiger partial charge is 0.492 e. The van der Waals surface area contributed by atoms with E-state index in [2.05, 4.69) is 41.1 Å². The fraction of sp³-hybridized carbons (Fsp3) is 0.222. The van der Waals surface area contributed by atoms with Crippen molar-refractivity contribution in [2.45, 2.75) is 0 Å². The van der Waals surface area contributed by atoms with Gasteiger partial charge in [-0.25, -0.2) is 14.6 Å². The van der Waals surface area contributed by atoms with Gasteiger partial charge in [-0.15, -0.1) is 0 Å². The van der Waals surface area contributed by atoms with Crippen molar-refractivity contribution in [3.63, 3.8) is 0 Å². The van der Waals surface area contributed by atoms with E-state index < -0.39 is 0 Å². The Balaban J connectivity index is 1.77. The maximum atomic E-state index is 5.91. The molecule has 0 aliphatic rings. The molecule has 4 aromatic rings. The summed E-state index contributed by atoms with van der Waals surface area (Å²) in [6.45, 7) is 1.46. The van der Waals surface area contributed by atoms with E-state index in [1.807, 2.05) is 49.0 Å². The number of pyridine rings is 1. The summed E-state index contributed by atoms with van der Waals surface area (Å²) in [6.07, 6.45) is 1.68. The predicted octanol–water partition coefficient (Wildman–Crippen LogP) is 2.76. The van der Waals surface area contributed by atoms with E-state index in [1.54, 1.807) is 6.20 Å². The number of nitrogens with zero attached hydrogens (tertiary/aromatic N) is 6. The van der Waals surface area contributed by atoms with E-state index >= 15 is 0 Å². The number of hydrogen-bond acceptors (Lipinski definition) is 8. The van der Waals surface area contributed by atoms with Gasteiger partial charge in [0, 0.05) is 12.2 Å². The van der Waals surface area contributed by atoms with Crippen LogP contribution in [0.3, 0.4) is 0 Å². The lowest BCUT2D eigenvalue weighted by Crippen LogP contribution is -2.19. The number of imidazole rings is 1. The van der Waals surface area contributed by atoms with Crippen LogP contribution in [0, 0.1) is 0 Å². The zero-order valence-electron chi connectivity index (χ0n) is 15.3. The van der Waals surface area contributed by atoms with Gasteiger partial charge in [0.05, 0.1) is 11.7 Å². The molecule has 9 nitrogen and oxygen atoms in total. The van der Waals surface area contributed by atoms with Crippen molar-refractivity contribution in [2.24, 2.45) is 0 Å². The average Bonchev–Trinajstić information content (AvgIpc) is 3.25. The number of rotatable bonds is 6. The maximum absolute atomic E-state index is 5.91. The van der Waals surface area contributed by atoms with Gasteiger partial charge in [-0.05, 0) is 70.7 Å². The normalized spacial score (nSPS) is 11.4. The Morgan fingerprint density at radius 2 is 2.00 bits per heavy atom. The molecule has 0 aliphatic heterocycles. The number of benzene rings is 1. The van der Waals surface area contributed by atoms with Crippen molar-refractivity contribution in [1.29, 1.82) is 0 Å². The highest BCUT2D eigenvalue weighted by atomic mass is 79.9. The van der Waals surface area contributed by atoms with Gasteiger partial charge in [0.15, 0.2) is 17.3 Å². The molecular weight excluding hydrogens is 426 g/mol. The molecule has 4 rings (SSSR count). The van der Waals surface area contributed by atoms with Crippen molar-refractivity contribution in [1.82, 2.24) is 29.7 Å². The first-order valence-electron chi connectivity index (χ1n) is 8.53. The fourth-order valence-corrected chi connectivity index (χ4v) is 3.08. The molecule has 0 aliphatic carbocycles. The molecule has 2 N–H and O–H groups in total. The average molecular weight is 444 g/mol. The van der Waals surface area contributed by atoms with Crippen LogP contribution in [-0.2, 0) is 0 Å². The highest BCUT2D eigenvalue weighted by molar-refractivity contribution is 9.10. The molecule has 144 valence electrons. The molecule has 0 radical (unpaired) electrons. The number of fused-ring (bicyclic) bond motifs is 1. The van der Waals surface area contributed by atoms with Crippen LogP contribution in [0.25, 0.3) is 28.2 Å². The molecule has 0 saturated heterocycles. The van der Waals surface area contributed by atoms with Gasteiger partial charge in [-0.2, -0.15) is 0 Å². The van der Waals surface area contributed by atoms with Crippen molar-refractivity contribution >= 4 is 32.8 Å². The lowest BCUT2D eigenvalue weighted by molar-refractivity contribution is 0.261. The predicted molar refractivity (Wildman–Crippen MR) is 108 cm³/mol. The zero-order valence-corrected chi connectivity index (χ0v) is 16.9. The van der Waals surface area contributed by atoms with Crippen LogP contribution in [0.15, 0.2) is 45.8 Å². The number of anilines is 1. The number of aromatic nitrogens is 5. The van der Waals surface area contributed by atoms with Crippen LogP contribution < -0.4 is 10.5 Å². The minimum absolute atomic E-state index is 0.173. The molecule has 10 heteroatoms. The van der Waals surface area contributed by atoms with E-state index in [1.165, 1.54) is 0 Å². The minimum Gasteiger partial charge on any atom is -0.492 e. The number of nitrogen functional groups attached to an aromatic ring is 1. The smallest absolute Gasteiger partial charge is 0.199 e. The van der Waals surface area contributed by atoms with Gasteiger partial charge in [0.2, 0.25) is 0 Å². The van der Waals surface area contributed by atoms with Gasteiger partial charge in [0.25, 0.3) is 0 Å². The molecule has 0 saturated carbocycles. The summed E-state index contributed by atoms with van der Waals surface area (Å²) in [7, 11) is 4.02. The lowest BCUT2D eigenvalue weighted by atomic mass is 10.2. The van der Waals surface area contributed by atoms with E-state index in [0.717, 1.165) is 23.5 Å². The zero-order chi connectivity index (χ0) is 19.7. The van der Waals surface area contributed by atoms with Gasteiger partial charge in [-0.3, -0.25) is 4.57 Å². The summed E-state index contributed by atoms with van der Waals surface area (Å²) in [5, 5.41) is 7.58. The molecule has 3 aromatic heterocycles.